The lowest BCUT2D eigenvalue weighted by molar-refractivity contribution is -0.136. The summed E-state index contributed by atoms with van der Waals surface area (Å²) in [7, 11) is 1.53. The molecular formula is C26H28N2O4. The van der Waals surface area contributed by atoms with E-state index in [-0.39, 0.29) is 6.42 Å². The summed E-state index contributed by atoms with van der Waals surface area (Å²) >= 11 is 0. The Bertz CT molecular complexity index is 1040. The second kappa shape index (κ2) is 11.6. The number of aryl methyl sites for hydroxylation is 2. The molecule has 3 aromatic rings. The quantitative estimate of drug-likeness (QED) is 0.327. The first kappa shape index (κ1) is 22.9. The molecule has 0 aliphatic heterocycles. The van der Waals surface area contributed by atoms with Crippen molar-refractivity contribution in [3.63, 3.8) is 0 Å². The Labute approximate surface area is 188 Å². The summed E-state index contributed by atoms with van der Waals surface area (Å²) < 4.78 is 5.93. The number of nitrogens with zero attached hydrogens (tertiary/aromatic N) is 1. The van der Waals surface area contributed by atoms with Crippen LogP contribution in [0.25, 0.3) is 0 Å². The monoisotopic (exact) mass is 432 g/mol. The molecule has 0 aliphatic carbocycles. The van der Waals surface area contributed by atoms with Gasteiger partial charge in [0.25, 0.3) is 0 Å². The van der Waals surface area contributed by atoms with Crippen LogP contribution in [0.5, 0.6) is 5.75 Å². The van der Waals surface area contributed by atoms with Crippen molar-refractivity contribution in [1.29, 1.82) is 0 Å². The Morgan fingerprint density at radius 3 is 2.31 bits per heavy atom. The summed E-state index contributed by atoms with van der Waals surface area (Å²) in [6.45, 7) is 3.02. The Morgan fingerprint density at radius 1 is 0.969 bits per heavy atom. The van der Waals surface area contributed by atoms with Crippen LogP contribution in [0.3, 0.4) is 0 Å². The molecule has 0 saturated heterocycles. The molecule has 0 radical (unpaired) electrons. The zero-order chi connectivity index (χ0) is 22.8. The van der Waals surface area contributed by atoms with E-state index in [0.29, 0.717) is 19.6 Å². The van der Waals surface area contributed by atoms with E-state index in [1.165, 1.54) is 7.11 Å². The first-order valence-electron chi connectivity index (χ1n) is 10.5. The van der Waals surface area contributed by atoms with Gasteiger partial charge in [-0.05, 0) is 54.3 Å². The first-order chi connectivity index (χ1) is 15.5. The molecule has 32 heavy (non-hydrogen) atoms. The van der Waals surface area contributed by atoms with E-state index in [4.69, 9.17) is 14.7 Å². The summed E-state index contributed by atoms with van der Waals surface area (Å²) in [5.74, 6) is -0.0223. The van der Waals surface area contributed by atoms with E-state index in [2.05, 4.69) is 10.5 Å². The van der Waals surface area contributed by atoms with Gasteiger partial charge in [0, 0.05) is 24.2 Å². The van der Waals surface area contributed by atoms with Gasteiger partial charge in [0.05, 0.1) is 0 Å². The third-order valence-electron chi connectivity index (χ3n) is 5.03. The number of oxime groups is 1. The number of hydrogen-bond donors (Lipinski definition) is 2. The lowest BCUT2D eigenvalue weighted by Gasteiger charge is -2.12. The number of benzene rings is 3. The molecule has 0 aliphatic rings. The molecular weight excluding hydrogens is 404 g/mol. The van der Waals surface area contributed by atoms with Gasteiger partial charge in [0.2, 0.25) is 0 Å². The largest absolute Gasteiger partial charge is 0.487 e. The van der Waals surface area contributed by atoms with Gasteiger partial charge in [0.15, 0.2) is 0 Å². The zero-order valence-electron chi connectivity index (χ0n) is 18.4. The van der Waals surface area contributed by atoms with Crippen LogP contribution in [0.4, 0.5) is 5.69 Å². The molecule has 0 bridgehead atoms. The smallest absolute Gasteiger partial charge is 0.303 e. The fraction of sp³-hybridized carbons (Fsp3) is 0.231. The highest BCUT2D eigenvalue weighted by Crippen LogP contribution is 2.17. The Kier molecular flexibility index (Phi) is 8.26. The SMILES string of the molecule is CO/N=C(/COc1ccc(CNc2ccc(CCC(=O)O)cc2)cc1)c1ccccc1C. The average Bonchev–Trinajstić information content (AvgIpc) is 2.81. The van der Waals surface area contributed by atoms with Gasteiger partial charge in [-0.15, -0.1) is 0 Å². The predicted octanol–water partition coefficient (Wildman–Crippen LogP) is 5.05. The van der Waals surface area contributed by atoms with Crippen molar-refractivity contribution in [2.24, 2.45) is 5.16 Å². The lowest BCUT2D eigenvalue weighted by Crippen LogP contribution is -2.14. The molecule has 0 aromatic heterocycles. The summed E-state index contributed by atoms with van der Waals surface area (Å²) in [4.78, 5) is 15.7. The third-order valence-corrected chi connectivity index (χ3v) is 5.03. The normalized spacial score (nSPS) is 11.1. The van der Waals surface area contributed by atoms with Crippen LogP contribution in [0.1, 0.15) is 28.7 Å². The number of ether oxygens (including phenoxy) is 1. The molecule has 0 spiro atoms. The lowest BCUT2D eigenvalue weighted by atomic mass is 10.0. The van der Waals surface area contributed by atoms with Crippen molar-refractivity contribution in [3.8, 4) is 5.75 Å². The molecule has 2 N–H and O–H groups in total. The van der Waals surface area contributed by atoms with Crippen LogP contribution in [-0.4, -0.2) is 30.5 Å². The second-order valence-electron chi connectivity index (χ2n) is 7.41. The third kappa shape index (κ3) is 6.87. The van der Waals surface area contributed by atoms with Crippen molar-refractivity contribution < 1.29 is 19.5 Å². The minimum Gasteiger partial charge on any atom is -0.487 e. The number of aliphatic carboxylic acids is 1. The van der Waals surface area contributed by atoms with E-state index in [0.717, 1.165) is 39.4 Å². The fourth-order valence-corrected chi connectivity index (χ4v) is 3.26. The minimum absolute atomic E-state index is 0.144. The highest BCUT2D eigenvalue weighted by molar-refractivity contribution is 6.02. The molecule has 0 fully saturated rings. The van der Waals surface area contributed by atoms with Crippen molar-refractivity contribution >= 4 is 17.4 Å². The standard InChI is InChI=1S/C26H28N2O4/c1-19-5-3-4-6-24(19)25(28-31-2)18-32-23-14-9-21(10-15-23)17-27-22-12-7-20(8-13-22)11-16-26(29)30/h3-10,12-15,27H,11,16-18H2,1-2H3,(H,29,30)/b28-25-. The molecule has 0 saturated carbocycles. The summed E-state index contributed by atoms with van der Waals surface area (Å²) in [6, 6.07) is 23.8. The Morgan fingerprint density at radius 2 is 1.66 bits per heavy atom. The maximum absolute atomic E-state index is 10.7. The Hall–Kier alpha value is -3.80. The summed E-state index contributed by atoms with van der Waals surface area (Å²) in [5, 5.41) is 16.3. The molecule has 0 heterocycles. The number of carbonyl (C=O) groups is 1. The maximum atomic E-state index is 10.7. The summed E-state index contributed by atoms with van der Waals surface area (Å²) in [5.41, 5.74) is 5.98. The highest BCUT2D eigenvalue weighted by atomic mass is 16.6. The number of nitrogens with one attached hydrogen (secondary N) is 1. The van der Waals surface area contributed by atoms with Crippen LogP contribution in [0.2, 0.25) is 0 Å². The predicted molar refractivity (Wildman–Crippen MR) is 126 cm³/mol. The molecule has 0 amide bonds. The molecule has 3 rings (SSSR count). The van der Waals surface area contributed by atoms with Crippen molar-refractivity contribution in [1.82, 2.24) is 0 Å². The maximum Gasteiger partial charge on any atom is 0.303 e. The van der Waals surface area contributed by atoms with Gasteiger partial charge in [-0.2, -0.15) is 0 Å². The van der Waals surface area contributed by atoms with E-state index >= 15 is 0 Å². The summed E-state index contributed by atoms with van der Waals surface area (Å²) in [6.07, 6.45) is 0.683. The topological polar surface area (TPSA) is 80.2 Å². The minimum atomic E-state index is -0.781. The average molecular weight is 433 g/mol. The molecule has 166 valence electrons. The van der Waals surface area contributed by atoms with Gasteiger partial charge < -0.3 is 20.0 Å². The highest BCUT2D eigenvalue weighted by Gasteiger charge is 2.09. The van der Waals surface area contributed by atoms with Crippen LogP contribution in [0.15, 0.2) is 78.0 Å². The zero-order valence-corrected chi connectivity index (χ0v) is 18.4. The van der Waals surface area contributed by atoms with E-state index in [1.807, 2.05) is 79.7 Å². The van der Waals surface area contributed by atoms with Crippen LogP contribution in [0, 0.1) is 6.92 Å². The van der Waals surface area contributed by atoms with Crippen molar-refractivity contribution in [3.05, 3.63) is 95.1 Å². The van der Waals surface area contributed by atoms with E-state index in [1.54, 1.807) is 0 Å². The van der Waals surface area contributed by atoms with E-state index in [9.17, 15) is 4.79 Å². The molecule has 6 nitrogen and oxygen atoms in total. The van der Waals surface area contributed by atoms with Gasteiger partial charge >= 0.3 is 5.97 Å². The van der Waals surface area contributed by atoms with Gasteiger partial charge in [0.1, 0.15) is 25.2 Å². The Balaban J connectivity index is 1.52. The first-order valence-corrected chi connectivity index (χ1v) is 10.5. The van der Waals surface area contributed by atoms with Crippen molar-refractivity contribution in [2.45, 2.75) is 26.3 Å². The van der Waals surface area contributed by atoms with Gasteiger partial charge in [-0.1, -0.05) is 53.7 Å². The number of carboxylic acid groups (broad SMARTS) is 1. The molecule has 0 unspecified atom stereocenters. The molecule has 3 aromatic carbocycles. The van der Waals surface area contributed by atoms with Crippen LogP contribution >= 0.6 is 0 Å². The number of anilines is 1. The van der Waals surface area contributed by atoms with Gasteiger partial charge in [-0.25, -0.2) is 0 Å². The van der Waals surface area contributed by atoms with E-state index < -0.39 is 5.97 Å². The van der Waals surface area contributed by atoms with Crippen LogP contribution < -0.4 is 10.1 Å². The number of rotatable bonds is 11. The van der Waals surface area contributed by atoms with Crippen molar-refractivity contribution in [2.75, 3.05) is 19.0 Å². The van der Waals surface area contributed by atoms with Crippen LogP contribution in [-0.2, 0) is 22.6 Å². The number of carboxylic acids is 1. The second-order valence-corrected chi connectivity index (χ2v) is 7.41. The molecule has 6 heteroatoms. The fourth-order valence-electron chi connectivity index (χ4n) is 3.26. The molecule has 0 atom stereocenters. The number of hydrogen-bond acceptors (Lipinski definition) is 5. The van der Waals surface area contributed by atoms with Gasteiger partial charge in [-0.3, -0.25) is 4.79 Å².